The normalized spacial score (nSPS) is 25.5. The first-order chi connectivity index (χ1) is 14.6. The number of aliphatic hydroxyl groups excluding tert-OH is 1. The lowest BCUT2D eigenvalue weighted by Crippen LogP contribution is -2.60. The third-order valence-corrected chi connectivity index (χ3v) is 6.22. The summed E-state index contributed by atoms with van der Waals surface area (Å²) in [6.07, 6.45) is 4.76. The Labute approximate surface area is 178 Å². The molecule has 5 rings (SSSR count). The van der Waals surface area contributed by atoms with Crippen LogP contribution in [0.1, 0.15) is 18.4 Å². The Morgan fingerprint density at radius 3 is 3.00 bits per heavy atom. The third kappa shape index (κ3) is 3.06. The average molecular weight is 426 g/mol. The van der Waals surface area contributed by atoms with Gasteiger partial charge in [-0.25, -0.2) is 9.97 Å². The molecule has 0 aliphatic carbocycles. The van der Waals surface area contributed by atoms with Gasteiger partial charge >= 0.3 is 0 Å². The standard InChI is InChI=1S/C20H22ClN8O/c1-13-4-2-5-15(21)19(13)25-28-18-10-14(12-30)7-9-29(18,27-26-28)17-11-23-20-16(24-17)6-3-8-22-20/h2-6,8,11,14,18,25,30H,7,9-10,12H2,1H3/q+1. The molecule has 0 spiro atoms. The van der Waals surface area contributed by atoms with Crippen LogP contribution in [0.5, 0.6) is 0 Å². The number of para-hydroxylation sites is 1. The zero-order chi connectivity index (χ0) is 20.7. The molecule has 2 aliphatic heterocycles. The van der Waals surface area contributed by atoms with Crippen molar-refractivity contribution in [1.82, 2.24) is 24.7 Å². The summed E-state index contributed by atoms with van der Waals surface area (Å²) >= 11 is 6.42. The number of piperidine rings is 1. The minimum absolute atomic E-state index is 0.128. The number of anilines is 1. The maximum absolute atomic E-state index is 9.81. The van der Waals surface area contributed by atoms with E-state index in [9.17, 15) is 5.11 Å². The quantitative estimate of drug-likeness (QED) is 0.619. The van der Waals surface area contributed by atoms with Crippen molar-refractivity contribution in [2.24, 2.45) is 16.4 Å². The Morgan fingerprint density at radius 2 is 2.17 bits per heavy atom. The fourth-order valence-corrected chi connectivity index (χ4v) is 4.44. The maximum Gasteiger partial charge on any atom is 0.277 e. The van der Waals surface area contributed by atoms with Gasteiger partial charge in [-0.15, -0.1) is 9.71 Å². The number of pyridine rings is 1. The van der Waals surface area contributed by atoms with Gasteiger partial charge in [-0.1, -0.05) is 23.7 Å². The van der Waals surface area contributed by atoms with E-state index < -0.39 is 0 Å². The molecule has 0 amide bonds. The van der Waals surface area contributed by atoms with Crippen LogP contribution >= 0.6 is 11.6 Å². The Hall–Kier alpha value is -2.88. The molecule has 30 heavy (non-hydrogen) atoms. The van der Waals surface area contributed by atoms with Crippen LogP contribution in [0.25, 0.3) is 11.2 Å². The number of quaternary nitrogens is 1. The SMILES string of the molecule is Cc1cccc(Cl)c1NN1N=N[N+]2(c3cnc4ncccc4n3)CCC(CO)CC12. The number of aliphatic hydroxyl groups is 1. The predicted octanol–water partition coefficient (Wildman–Crippen LogP) is 3.65. The van der Waals surface area contributed by atoms with E-state index in [1.807, 2.05) is 37.3 Å². The Kier molecular flexibility index (Phi) is 4.73. The number of nitrogens with one attached hydrogen (secondary N) is 1. The maximum atomic E-state index is 9.81. The number of rotatable bonds is 4. The number of benzene rings is 1. The van der Waals surface area contributed by atoms with Crippen LogP contribution in [0.15, 0.2) is 53.2 Å². The molecule has 9 nitrogen and oxygen atoms in total. The van der Waals surface area contributed by atoms with Crippen LogP contribution in [0.3, 0.4) is 0 Å². The van der Waals surface area contributed by atoms with Gasteiger partial charge in [0.25, 0.3) is 5.82 Å². The van der Waals surface area contributed by atoms with E-state index in [0.717, 1.165) is 17.7 Å². The van der Waals surface area contributed by atoms with Gasteiger partial charge in [-0.2, -0.15) is 4.98 Å². The van der Waals surface area contributed by atoms with Crippen molar-refractivity contribution in [3.05, 3.63) is 53.3 Å². The highest BCUT2D eigenvalue weighted by Crippen LogP contribution is 2.41. The molecule has 1 fully saturated rings. The molecule has 0 radical (unpaired) electrons. The lowest BCUT2D eigenvalue weighted by molar-refractivity contribution is 0.0412. The van der Waals surface area contributed by atoms with E-state index in [4.69, 9.17) is 16.6 Å². The van der Waals surface area contributed by atoms with Crippen LogP contribution in [-0.2, 0) is 0 Å². The van der Waals surface area contributed by atoms with Gasteiger partial charge in [0.05, 0.1) is 15.9 Å². The minimum atomic E-state index is -0.185. The Bertz CT molecular complexity index is 1100. The summed E-state index contributed by atoms with van der Waals surface area (Å²) in [6, 6.07) is 9.47. The van der Waals surface area contributed by atoms with E-state index in [-0.39, 0.29) is 23.3 Å². The molecule has 1 aromatic carbocycles. The number of aromatic nitrogens is 3. The molecule has 4 heterocycles. The van der Waals surface area contributed by atoms with Crippen molar-refractivity contribution in [3.8, 4) is 0 Å². The fraction of sp³-hybridized carbons (Fsp3) is 0.350. The van der Waals surface area contributed by atoms with E-state index in [1.165, 1.54) is 0 Å². The predicted molar refractivity (Wildman–Crippen MR) is 114 cm³/mol. The highest BCUT2D eigenvalue weighted by molar-refractivity contribution is 6.33. The van der Waals surface area contributed by atoms with Crippen molar-refractivity contribution in [1.29, 1.82) is 0 Å². The van der Waals surface area contributed by atoms with Crippen molar-refractivity contribution < 1.29 is 5.11 Å². The summed E-state index contributed by atoms with van der Waals surface area (Å²) in [4.78, 5) is 13.6. The van der Waals surface area contributed by atoms with Crippen molar-refractivity contribution in [2.45, 2.75) is 25.9 Å². The lowest BCUT2D eigenvalue weighted by Gasteiger charge is -2.39. The molecule has 1 saturated heterocycles. The van der Waals surface area contributed by atoms with Gasteiger partial charge in [-0.3, -0.25) is 5.43 Å². The largest absolute Gasteiger partial charge is 0.396 e. The van der Waals surface area contributed by atoms with Crippen LogP contribution in [-0.4, -0.2) is 44.5 Å². The summed E-state index contributed by atoms with van der Waals surface area (Å²) in [5.41, 5.74) is 6.45. The lowest BCUT2D eigenvalue weighted by atomic mass is 9.94. The molecule has 0 bridgehead atoms. The number of nitrogens with zero attached hydrogens (tertiary/aromatic N) is 7. The number of halogens is 1. The van der Waals surface area contributed by atoms with E-state index >= 15 is 0 Å². The molecule has 0 saturated carbocycles. The first-order valence-corrected chi connectivity index (χ1v) is 10.3. The molecule has 3 aromatic rings. The second-order valence-corrected chi connectivity index (χ2v) is 8.15. The van der Waals surface area contributed by atoms with Crippen molar-refractivity contribution >= 4 is 34.3 Å². The molecule has 154 valence electrons. The molecule has 2 aliphatic rings. The smallest absolute Gasteiger partial charge is 0.277 e. The molecule has 3 atom stereocenters. The van der Waals surface area contributed by atoms with E-state index in [0.29, 0.717) is 35.0 Å². The average Bonchev–Trinajstić information content (AvgIpc) is 3.14. The molecule has 2 N–H and O–H groups in total. The number of hydrogen-bond donors (Lipinski definition) is 2. The van der Waals surface area contributed by atoms with Crippen LogP contribution in [0.4, 0.5) is 11.5 Å². The van der Waals surface area contributed by atoms with Gasteiger partial charge < -0.3 is 5.11 Å². The Balaban J connectivity index is 1.54. The van der Waals surface area contributed by atoms with Crippen molar-refractivity contribution in [3.63, 3.8) is 0 Å². The number of hydrazine groups is 1. The minimum Gasteiger partial charge on any atom is -0.396 e. The van der Waals surface area contributed by atoms with Crippen LogP contribution in [0, 0.1) is 12.8 Å². The van der Waals surface area contributed by atoms with Crippen molar-refractivity contribution in [2.75, 3.05) is 18.6 Å². The van der Waals surface area contributed by atoms with Gasteiger partial charge in [-0.05, 0) is 36.6 Å². The monoisotopic (exact) mass is 425 g/mol. The van der Waals surface area contributed by atoms with Crippen LogP contribution in [0.2, 0.25) is 5.02 Å². The molecular formula is C20H22ClN8O+. The summed E-state index contributed by atoms with van der Waals surface area (Å²) in [7, 11) is 0. The zero-order valence-electron chi connectivity index (χ0n) is 16.5. The fourth-order valence-electron chi connectivity index (χ4n) is 4.17. The number of hydrogen-bond acceptors (Lipinski definition) is 8. The Morgan fingerprint density at radius 1 is 1.27 bits per heavy atom. The summed E-state index contributed by atoms with van der Waals surface area (Å²) in [6.45, 7) is 2.78. The topological polar surface area (TPSA) is 98.9 Å². The first kappa shape index (κ1) is 19.1. The van der Waals surface area contributed by atoms with Gasteiger partial charge in [0.1, 0.15) is 18.3 Å². The summed E-state index contributed by atoms with van der Waals surface area (Å²) in [5.74, 6) is 0.872. The number of aryl methyl sites for hydroxylation is 1. The molecule has 3 unspecified atom stereocenters. The highest BCUT2D eigenvalue weighted by atomic mass is 35.5. The summed E-state index contributed by atoms with van der Waals surface area (Å²) < 4.78 is 0.199. The summed E-state index contributed by atoms with van der Waals surface area (Å²) in [5, 5.41) is 21.3. The second kappa shape index (κ2) is 7.42. The molecule has 10 heteroatoms. The van der Waals surface area contributed by atoms with Crippen LogP contribution < -0.4 is 10.0 Å². The molecular weight excluding hydrogens is 404 g/mol. The van der Waals surface area contributed by atoms with Gasteiger partial charge in [0.2, 0.25) is 6.17 Å². The third-order valence-electron chi connectivity index (χ3n) is 5.90. The van der Waals surface area contributed by atoms with E-state index in [1.54, 1.807) is 17.5 Å². The van der Waals surface area contributed by atoms with E-state index in [2.05, 4.69) is 25.8 Å². The second-order valence-electron chi connectivity index (χ2n) is 7.75. The van der Waals surface area contributed by atoms with Gasteiger partial charge in [0, 0.05) is 30.9 Å². The number of fused-ring (bicyclic) bond motifs is 2. The van der Waals surface area contributed by atoms with Gasteiger partial charge in [0.15, 0.2) is 5.65 Å². The highest BCUT2D eigenvalue weighted by Gasteiger charge is 2.55. The zero-order valence-corrected chi connectivity index (χ0v) is 17.2. The molecule has 2 aromatic heterocycles. The first-order valence-electron chi connectivity index (χ1n) is 9.92.